The van der Waals surface area contributed by atoms with Gasteiger partial charge in [-0.25, -0.2) is 0 Å². The summed E-state index contributed by atoms with van der Waals surface area (Å²) in [4.78, 5) is 23.5. The van der Waals surface area contributed by atoms with Crippen molar-refractivity contribution in [3.63, 3.8) is 0 Å². The molecule has 0 aromatic carbocycles. The summed E-state index contributed by atoms with van der Waals surface area (Å²) in [6, 6.07) is 11.0. The minimum atomic E-state index is -0.387. The van der Waals surface area contributed by atoms with E-state index in [0.717, 1.165) is 0 Å². The van der Waals surface area contributed by atoms with Gasteiger partial charge in [0.25, 0.3) is 11.6 Å². The Hall–Kier alpha value is -2.36. The third-order valence-corrected chi connectivity index (χ3v) is 2.52. The van der Waals surface area contributed by atoms with Gasteiger partial charge in [0.05, 0.1) is 0 Å². The van der Waals surface area contributed by atoms with Crippen molar-refractivity contribution >= 4 is 11.6 Å². The lowest BCUT2D eigenvalue weighted by Gasteiger charge is -1.95. The number of ketones is 2. The molecule has 2 heterocycles. The Morgan fingerprint density at radius 2 is 0.944 bits per heavy atom. The van der Waals surface area contributed by atoms with E-state index in [1.165, 1.54) is 0 Å². The highest BCUT2D eigenvalue weighted by molar-refractivity contribution is 6.36. The van der Waals surface area contributed by atoms with Crippen LogP contribution in [0.1, 0.15) is 0 Å². The van der Waals surface area contributed by atoms with E-state index in [0.29, 0.717) is 0 Å². The molecule has 2 aromatic heterocycles. The van der Waals surface area contributed by atoms with Crippen LogP contribution in [-0.4, -0.2) is 11.6 Å². The third-order valence-electron chi connectivity index (χ3n) is 2.52. The fraction of sp³-hybridized carbons (Fsp3) is 0.143. The van der Waals surface area contributed by atoms with Gasteiger partial charge in [0.15, 0.2) is 24.8 Å². The highest BCUT2D eigenvalue weighted by atomic mass is 16.2. The van der Waals surface area contributed by atoms with E-state index in [4.69, 9.17) is 0 Å². The summed E-state index contributed by atoms with van der Waals surface area (Å²) >= 11 is 0. The van der Waals surface area contributed by atoms with E-state index in [9.17, 15) is 9.59 Å². The van der Waals surface area contributed by atoms with Gasteiger partial charge < -0.3 is 0 Å². The quantitative estimate of drug-likeness (QED) is 0.551. The van der Waals surface area contributed by atoms with Crippen LogP contribution in [0.3, 0.4) is 0 Å². The van der Waals surface area contributed by atoms with Crippen LogP contribution in [0, 0.1) is 0 Å². The first kappa shape index (κ1) is 12.1. The molecule has 2 rings (SSSR count). The van der Waals surface area contributed by atoms with E-state index >= 15 is 0 Å². The van der Waals surface area contributed by atoms with E-state index in [1.807, 2.05) is 36.4 Å². The third kappa shape index (κ3) is 3.31. The summed E-state index contributed by atoms with van der Waals surface area (Å²) in [6.07, 6.45) is 7.06. The fourth-order valence-corrected chi connectivity index (χ4v) is 1.59. The van der Waals surface area contributed by atoms with Crippen molar-refractivity contribution in [3.05, 3.63) is 61.2 Å². The van der Waals surface area contributed by atoms with Gasteiger partial charge in [-0.15, -0.1) is 0 Å². The molecule has 0 amide bonds. The zero-order valence-electron chi connectivity index (χ0n) is 9.90. The van der Waals surface area contributed by atoms with Crippen molar-refractivity contribution in [3.8, 4) is 0 Å². The first-order valence-electron chi connectivity index (χ1n) is 5.70. The van der Waals surface area contributed by atoms with Crippen molar-refractivity contribution in [1.29, 1.82) is 0 Å². The molecule has 4 nitrogen and oxygen atoms in total. The number of nitrogens with zero attached hydrogens (tertiary/aromatic N) is 2. The Morgan fingerprint density at radius 1 is 0.611 bits per heavy atom. The highest BCUT2D eigenvalue weighted by Gasteiger charge is 2.21. The molecule has 18 heavy (non-hydrogen) atoms. The summed E-state index contributed by atoms with van der Waals surface area (Å²) in [5.41, 5.74) is 0. The second kappa shape index (κ2) is 5.82. The molecule has 2 aromatic rings. The van der Waals surface area contributed by atoms with Crippen LogP contribution in [0.4, 0.5) is 0 Å². The Bertz CT molecular complexity index is 487. The van der Waals surface area contributed by atoms with Crippen LogP contribution in [0.5, 0.6) is 0 Å². The summed E-state index contributed by atoms with van der Waals surface area (Å²) in [5.74, 6) is -0.773. The number of hydrogen-bond donors (Lipinski definition) is 0. The van der Waals surface area contributed by atoms with Gasteiger partial charge in [-0.1, -0.05) is 12.1 Å². The average Bonchev–Trinajstić information content (AvgIpc) is 2.41. The molecule has 0 saturated heterocycles. The summed E-state index contributed by atoms with van der Waals surface area (Å²) in [7, 11) is 0. The van der Waals surface area contributed by atoms with E-state index in [1.54, 1.807) is 33.9 Å². The van der Waals surface area contributed by atoms with Crippen molar-refractivity contribution < 1.29 is 18.7 Å². The van der Waals surface area contributed by atoms with Crippen LogP contribution in [0.2, 0.25) is 0 Å². The molecule has 0 bridgehead atoms. The lowest BCUT2D eigenvalue weighted by atomic mass is 10.2. The summed E-state index contributed by atoms with van der Waals surface area (Å²) < 4.78 is 3.38. The molecule has 0 unspecified atom stereocenters. The molecular weight excluding hydrogens is 228 g/mol. The van der Waals surface area contributed by atoms with Gasteiger partial charge in [0.1, 0.15) is 0 Å². The van der Waals surface area contributed by atoms with Gasteiger partial charge in [0.2, 0.25) is 13.1 Å². The van der Waals surface area contributed by atoms with Crippen molar-refractivity contribution in [2.24, 2.45) is 0 Å². The van der Waals surface area contributed by atoms with Crippen LogP contribution >= 0.6 is 0 Å². The second-order valence-corrected chi connectivity index (χ2v) is 3.94. The van der Waals surface area contributed by atoms with Gasteiger partial charge in [0, 0.05) is 24.3 Å². The smallest absolute Gasteiger partial charge is 0.269 e. The molecule has 0 fully saturated rings. The van der Waals surface area contributed by atoms with Crippen molar-refractivity contribution in [1.82, 2.24) is 0 Å². The van der Waals surface area contributed by atoms with Crippen molar-refractivity contribution in [2.75, 3.05) is 0 Å². The lowest BCUT2D eigenvalue weighted by molar-refractivity contribution is -0.687. The first-order chi connectivity index (χ1) is 8.75. The minimum absolute atomic E-state index is 0.0903. The Balaban J connectivity index is 1.96. The molecule has 0 radical (unpaired) electrons. The normalized spacial score (nSPS) is 10.0. The van der Waals surface area contributed by atoms with E-state index in [-0.39, 0.29) is 24.7 Å². The number of Topliss-reactive ketones (excluding diaryl/α,β-unsaturated/α-hetero) is 2. The van der Waals surface area contributed by atoms with E-state index in [2.05, 4.69) is 0 Å². The van der Waals surface area contributed by atoms with Crippen LogP contribution in [0.15, 0.2) is 61.2 Å². The molecule has 0 atom stereocenters. The number of carbonyl (C=O) groups is 2. The maximum Gasteiger partial charge on any atom is 0.269 e. The number of pyridine rings is 2. The predicted octanol–water partition coefficient (Wildman–Crippen LogP) is 0.1000. The Kier molecular flexibility index (Phi) is 3.91. The molecule has 0 N–H and O–H groups in total. The first-order valence-corrected chi connectivity index (χ1v) is 5.70. The molecule has 0 saturated carbocycles. The van der Waals surface area contributed by atoms with Crippen LogP contribution < -0.4 is 9.13 Å². The molecule has 90 valence electrons. The Labute approximate surface area is 105 Å². The van der Waals surface area contributed by atoms with Gasteiger partial charge in [-0.2, -0.15) is 9.13 Å². The number of carbonyl (C=O) groups excluding carboxylic acids is 2. The highest BCUT2D eigenvalue weighted by Crippen LogP contribution is 1.84. The molecule has 4 heteroatoms. The second-order valence-electron chi connectivity index (χ2n) is 3.94. The average molecular weight is 242 g/mol. The number of rotatable bonds is 5. The maximum atomic E-state index is 11.7. The van der Waals surface area contributed by atoms with Gasteiger partial charge >= 0.3 is 0 Å². The fourth-order valence-electron chi connectivity index (χ4n) is 1.59. The standard InChI is InChI=1S/C14H14N2O2/c17-13(11-15-7-3-1-4-8-15)14(18)12-16-9-5-2-6-10-16/h1-10H,11-12H2/q+2. The Morgan fingerprint density at radius 3 is 1.28 bits per heavy atom. The zero-order valence-corrected chi connectivity index (χ0v) is 9.90. The van der Waals surface area contributed by atoms with Crippen molar-refractivity contribution in [2.45, 2.75) is 13.1 Å². The molecule has 0 aliphatic rings. The van der Waals surface area contributed by atoms with Gasteiger partial charge in [-0.3, -0.25) is 9.59 Å². The van der Waals surface area contributed by atoms with E-state index < -0.39 is 0 Å². The zero-order chi connectivity index (χ0) is 12.8. The monoisotopic (exact) mass is 242 g/mol. The predicted molar refractivity (Wildman–Crippen MR) is 63.3 cm³/mol. The number of hydrogen-bond acceptors (Lipinski definition) is 2. The topological polar surface area (TPSA) is 41.9 Å². The maximum absolute atomic E-state index is 11.7. The molecule has 0 spiro atoms. The summed E-state index contributed by atoms with van der Waals surface area (Å²) in [6.45, 7) is 0.181. The molecule has 0 aliphatic heterocycles. The van der Waals surface area contributed by atoms with Crippen LogP contribution in [0.25, 0.3) is 0 Å². The van der Waals surface area contributed by atoms with Gasteiger partial charge in [-0.05, 0) is 0 Å². The molecular formula is C14H14N2O2+2. The SMILES string of the molecule is O=C(C[n+]1ccccc1)C(=O)C[n+]1ccccc1. The largest absolute Gasteiger partial charge is 0.283 e. The summed E-state index contributed by atoms with van der Waals surface area (Å²) in [5, 5.41) is 0. The number of aromatic nitrogens is 2. The van der Waals surface area contributed by atoms with Crippen LogP contribution in [-0.2, 0) is 22.7 Å². The lowest BCUT2D eigenvalue weighted by Crippen LogP contribution is -2.45. The minimum Gasteiger partial charge on any atom is -0.283 e. The molecule has 0 aliphatic carbocycles.